The summed E-state index contributed by atoms with van der Waals surface area (Å²) in [6.07, 6.45) is 2.15. The molecule has 1 aliphatic heterocycles. The monoisotopic (exact) mass is 361 g/mol. The molecule has 142 valence electrons. The predicted molar refractivity (Wildman–Crippen MR) is 99.2 cm³/mol. The van der Waals surface area contributed by atoms with Gasteiger partial charge in [-0.1, -0.05) is 13.8 Å². The minimum atomic E-state index is -0.999. The average Bonchev–Trinajstić information content (AvgIpc) is 2.60. The number of carboxylic acid groups (broad SMARTS) is 1. The van der Waals surface area contributed by atoms with E-state index in [2.05, 4.69) is 10.6 Å². The van der Waals surface area contributed by atoms with Gasteiger partial charge in [-0.15, -0.1) is 0 Å². The van der Waals surface area contributed by atoms with Gasteiger partial charge >= 0.3 is 12.0 Å². The lowest BCUT2D eigenvalue weighted by Gasteiger charge is -2.32. The largest absolute Gasteiger partial charge is 0.478 e. The van der Waals surface area contributed by atoms with E-state index in [-0.39, 0.29) is 23.4 Å². The summed E-state index contributed by atoms with van der Waals surface area (Å²) in [5, 5.41) is 14.6. The van der Waals surface area contributed by atoms with Crippen LogP contribution in [-0.4, -0.2) is 47.5 Å². The minimum Gasteiger partial charge on any atom is -0.478 e. The number of nitrogens with one attached hydrogen (secondary N) is 2. The number of piperidine rings is 1. The maximum atomic E-state index is 12.2. The average molecular weight is 361 g/mol. The molecular formula is C19H27N3O4. The number of benzene rings is 1. The van der Waals surface area contributed by atoms with Crippen molar-refractivity contribution in [2.45, 2.75) is 33.1 Å². The van der Waals surface area contributed by atoms with Crippen LogP contribution < -0.4 is 10.6 Å². The maximum absolute atomic E-state index is 12.2. The third kappa shape index (κ3) is 6.06. The van der Waals surface area contributed by atoms with Crippen molar-refractivity contribution in [3.8, 4) is 0 Å². The number of carboxylic acids is 1. The van der Waals surface area contributed by atoms with E-state index in [1.165, 1.54) is 12.1 Å². The van der Waals surface area contributed by atoms with Crippen LogP contribution in [0.5, 0.6) is 0 Å². The Morgan fingerprint density at radius 2 is 1.92 bits per heavy atom. The Bertz CT molecular complexity index is 643. The summed E-state index contributed by atoms with van der Waals surface area (Å²) in [6, 6.07) is 6.01. The third-order valence-electron chi connectivity index (χ3n) is 4.36. The Balaban J connectivity index is 1.82. The van der Waals surface area contributed by atoms with Gasteiger partial charge in [0.2, 0.25) is 5.91 Å². The van der Waals surface area contributed by atoms with Gasteiger partial charge in [0.25, 0.3) is 0 Å². The van der Waals surface area contributed by atoms with Crippen LogP contribution in [0.1, 0.15) is 43.5 Å². The number of amides is 3. The summed E-state index contributed by atoms with van der Waals surface area (Å²) < 4.78 is 0. The molecule has 1 aliphatic rings. The molecule has 0 radical (unpaired) electrons. The second-order valence-electron chi connectivity index (χ2n) is 7.17. The van der Waals surface area contributed by atoms with Crippen molar-refractivity contribution in [2.24, 2.45) is 11.8 Å². The molecule has 26 heavy (non-hydrogen) atoms. The van der Waals surface area contributed by atoms with Crippen molar-refractivity contribution in [2.75, 3.05) is 25.0 Å². The second-order valence-corrected chi connectivity index (χ2v) is 7.17. The molecule has 0 spiro atoms. The van der Waals surface area contributed by atoms with Crippen LogP contribution >= 0.6 is 0 Å². The number of hydrogen-bond donors (Lipinski definition) is 3. The number of likely N-dealkylation sites (tertiary alicyclic amines) is 1. The molecule has 2 rings (SSSR count). The fourth-order valence-electron chi connectivity index (χ4n) is 2.99. The smallest absolute Gasteiger partial charge is 0.335 e. The molecule has 1 aromatic rings. The summed E-state index contributed by atoms with van der Waals surface area (Å²) in [7, 11) is 0. The fraction of sp³-hybridized carbons (Fsp3) is 0.526. The lowest BCUT2D eigenvalue weighted by molar-refractivity contribution is -0.117. The van der Waals surface area contributed by atoms with Gasteiger partial charge in [-0.2, -0.15) is 0 Å². The molecule has 0 aliphatic carbocycles. The molecule has 1 aromatic carbocycles. The predicted octanol–water partition coefficient (Wildman–Crippen LogP) is 2.79. The molecule has 1 saturated heterocycles. The zero-order chi connectivity index (χ0) is 19.1. The Morgan fingerprint density at radius 1 is 1.23 bits per heavy atom. The molecule has 7 nitrogen and oxygen atoms in total. The maximum Gasteiger partial charge on any atom is 0.335 e. The van der Waals surface area contributed by atoms with E-state index in [0.29, 0.717) is 31.1 Å². The summed E-state index contributed by atoms with van der Waals surface area (Å²) in [6.45, 7) is 6.04. The Kier molecular flexibility index (Phi) is 7.00. The number of carbonyl (C=O) groups excluding carboxylic acids is 2. The molecule has 3 amide bonds. The van der Waals surface area contributed by atoms with E-state index >= 15 is 0 Å². The number of hydrogen-bond acceptors (Lipinski definition) is 3. The number of urea groups is 1. The number of nitrogens with zero attached hydrogens (tertiary/aromatic N) is 1. The zero-order valence-electron chi connectivity index (χ0n) is 15.3. The Labute approximate surface area is 153 Å². The molecule has 0 aromatic heterocycles. The first-order valence-electron chi connectivity index (χ1n) is 9.01. The molecular weight excluding hydrogens is 334 g/mol. The first kappa shape index (κ1) is 19.8. The van der Waals surface area contributed by atoms with Crippen molar-refractivity contribution in [1.29, 1.82) is 0 Å². The van der Waals surface area contributed by atoms with Crippen LogP contribution in [0, 0.1) is 11.8 Å². The topological polar surface area (TPSA) is 98.7 Å². The van der Waals surface area contributed by atoms with Crippen molar-refractivity contribution >= 4 is 23.6 Å². The first-order valence-corrected chi connectivity index (χ1v) is 9.01. The van der Waals surface area contributed by atoms with E-state index < -0.39 is 5.97 Å². The molecule has 1 atom stereocenters. The van der Waals surface area contributed by atoms with Crippen molar-refractivity contribution < 1.29 is 19.5 Å². The summed E-state index contributed by atoms with van der Waals surface area (Å²) in [4.78, 5) is 37.0. The van der Waals surface area contributed by atoms with Gasteiger partial charge in [0.1, 0.15) is 0 Å². The highest BCUT2D eigenvalue weighted by molar-refractivity contribution is 5.92. The van der Waals surface area contributed by atoms with Crippen molar-refractivity contribution in [3.05, 3.63) is 29.8 Å². The van der Waals surface area contributed by atoms with Gasteiger partial charge in [0, 0.05) is 31.7 Å². The molecule has 1 fully saturated rings. The lowest BCUT2D eigenvalue weighted by Crippen LogP contribution is -2.46. The van der Waals surface area contributed by atoms with E-state index in [4.69, 9.17) is 5.11 Å². The Morgan fingerprint density at radius 3 is 2.54 bits per heavy atom. The molecule has 7 heteroatoms. The van der Waals surface area contributed by atoms with Gasteiger partial charge in [0.05, 0.1) is 5.56 Å². The number of anilines is 1. The van der Waals surface area contributed by atoms with E-state index in [1.807, 2.05) is 13.8 Å². The van der Waals surface area contributed by atoms with Gasteiger partial charge in [-0.3, -0.25) is 4.79 Å². The van der Waals surface area contributed by atoms with Crippen molar-refractivity contribution in [1.82, 2.24) is 10.2 Å². The quantitative estimate of drug-likeness (QED) is 0.725. The third-order valence-corrected chi connectivity index (χ3v) is 4.36. The number of carbonyl (C=O) groups is 3. The van der Waals surface area contributed by atoms with E-state index in [0.717, 1.165) is 19.4 Å². The highest BCUT2D eigenvalue weighted by Gasteiger charge is 2.25. The van der Waals surface area contributed by atoms with Crippen molar-refractivity contribution in [3.63, 3.8) is 0 Å². The molecule has 0 bridgehead atoms. The fourth-order valence-corrected chi connectivity index (χ4v) is 2.99. The van der Waals surface area contributed by atoms with Crippen LogP contribution in [0.3, 0.4) is 0 Å². The normalized spacial score (nSPS) is 17.0. The molecule has 1 heterocycles. The minimum absolute atomic E-state index is 0.0620. The highest BCUT2D eigenvalue weighted by Crippen LogP contribution is 2.21. The standard InChI is InChI=1S/C19H27N3O4/c1-13(2)11-20-19(26)22-9-3-4-14(12-22)10-17(23)21-16-7-5-15(6-8-16)18(24)25/h5-8,13-14H,3-4,9-12H2,1-2H3,(H,20,26)(H,21,23)(H,24,25). The Hall–Kier alpha value is -2.57. The van der Waals surface area contributed by atoms with Gasteiger partial charge in [-0.05, 0) is 48.9 Å². The van der Waals surface area contributed by atoms with Gasteiger partial charge in [0.15, 0.2) is 0 Å². The number of rotatable bonds is 6. The SMILES string of the molecule is CC(C)CNC(=O)N1CCCC(CC(=O)Nc2ccc(C(=O)O)cc2)C1. The summed E-state index contributed by atoms with van der Waals surface area (Å²) in [5.74, 6) is -0.590. The van der Waals surface area contributed by atoms with Crippen LogP contribution in [0.15, 0.2) is 24.3 Å². The second kappa shape index (κ2) is 9.22. The molecule has 3 N–H and O–H groups in total. The van der Waals surface area contributed by atoms with Crippen LogP contribution in [0.25, 0.3) is 0 Å². The zero-order valence-corrected chi connectivity index (χ0v) is 15.3. The number of aromatic carboxylic acids is 1. The first-order chi connectivity index (χ1) is 12.3. The van der Waals surface area contributed by atoms with Crippen LogP contribution in [0.2, 0.25) is 0 Å². The van der Waals surface area contributed by atoms with Gasteiger partial charge < -0.3 is 20.6 Å². The summed E-state index contributed by atoms with van der Waals surface area (Å²) >= 11 is 0. The summed E-state index contributed by atoms with van der Waals surface area (Å²) in [5.41, 5.74) is 0.751. The lowest BCUT2D eigenvalue weighted by atomic mass is 9.94. The molecule has 1 unspecified atom stereocenters. The van der Waals surface area contributed by atoms with E-state index in [1.54, 1.807) is 17.0 Å². The van der Waals surface area contributed by atoms with E-state index in [9.17, 15) is 14.4 Å². The van der Waals surface area contributed by atoms with Crippen LogP contribution in [0.4, 0.5) is 10.5 Å². The van der Waals surface area contributed by atoms with Gasteiger partial charge in [-0.25, -0.2) is 9.59 Å². The van der Waals surface area contributed by atoms with Crippen LogP contribution in [-0.2, 0) is 4.79 Å². The molecule has 0 saturated carbocycles. The highest BCUT2D eigenvalue weighted by atomic mass is 16.4.